The number of carbonyl (C=O) groups is 1. The Hall–Kier alpha value is -2.58. The average Bonchev–Trinajstić information content (AvgIpc) is 3.49. The van der Waals surface area contributed by atoms with Gasteiger partial charge < -0.3 is 14.2 Å². The van der Waals surface area contributed by atoms with E-state index in [0.29, 0.717) is 11.3 Å². The molecule has 2 aromatic rings. The van der Waals surface area contributed by atoms with Gasteiger partial charge in [0.15, 0.2) is 0 Å². The van der Waals surface area contributed by atoms with Gasteiger partial charge in [0.2, 0.25) is 10.0 Å². The topological polar surface area (TPSA) is 90.9 Å². The van der Waals surface area contributed by atoms with Crippen LogP contribution in [0.15, 0.2) is 47.4 Å². The fourth-order valence-electron chi connectivity index (χ4n) is 2.55. The SMILES string of the molecule is COc1ccccc1COC(=O)c1ccc(OC)c(S(=O)(=O)NC2CC2)c1. The van der Waals surface area contributed by atoms with Crippen molar-refractivity contribution >= 4 is 16.0 Å². The molecule has 0 aliphatic heterocycles. The average molecular weight is 391 g/mol. The Morgan fingerprint density at radius 1 is 1.07 bits per heavy atom. The standard InChI is InChI=1S/C19H21NO6S/c1-24-16-6-4-3-5-14(16)12-26-19(21)13-7-10-17(25-2)18(11-13)27(22,23)20-15-8-9-15/h3-7,10-11,15,20H,8-9,12H2,1-2H3. The number of esters is 1. The minimum atomic E-state index is -3.78. The van der Waals surface area contributed by atoms with Gasteiger partial charge in [0.1, 0.15) is 23.0 Å². The van der Waals surface area contributed by atoms with E-state index in [1.165, 1.54) is 32.4 Å². The van der Waals surface area contributed by atoms with Crippen LogP contribution in [0.5, 0.6) is 11.5 Å². The summed E-state index contributed by atoms with van der Waals surface area (Å²) in [5.74, 6) is 0.146. The van der Waals surface area contributed by atoms with Gasteiger partial charge in [0, 0.05) is 11.6 Å². The van der Waals surface area contributed by atoms with Gasteiger partial charge >= 0.3 is 5.97 Å². The minimum Gasteiger partial charge on any atom is -0.496 e. The molecule has 0 heterocycles. The first-order valence-electron chi connectivity index (χ1n) is 8.44. The number of hydrogen-bond acceptors (Lipinski definition) is 6. The maximum Gasteiger partial charge on any atom is 0.338 e. The van der Waals surface area contributed by atoms with Crippen LogP contribution in [-0.4, -0.2) is 34.6 Å². The van der Waals surface area contributed by atoms with Crippen LogP contribution in [-0.2, 0) is 21.4 Å². The van der Waals surface area contributed by atoms with Crippen LogP contribution in [0, 0.1) is 0 Å². The van der Waals surface area contributed by atoms with Crippen LogP contribution in [0.25, 0.3) is 0 Å². The molecule has 0 radical (unpaired) electrons. The van der Waals surface area contributed by atoms with E-state index in [1.807, 2.05) is 12.1 Å². The summed E-state index contributed by atoms with van der Waals surface area (Å²) < 4.78 is 43.3. The molecule has 1 saturated carbocycles. The zero-order chi connectivity index (χ0) is 19.4. The minimum absolute atomic E-state index is 0.0112. The van der Waals surface area contributed by atoms with Gasteiger partial charge in [-0.25, -0.2) is 17.9 Å². The van der Waals surface area contributed by atoms with Crippen molar-refractivity contribution in [1.29, 1.82) is 0 Å². The molecule has 0 aromatic heterocycles. The molecule has 0 bridgehead atoms. The zero-order valence-electron chi connectivity index (χ0n) is 15.1. The first-order chi connectivity index (χ1) is 12.9. The quantitative estimate of drug-likeness (QED) is 0.696. The van der Waals surface area contributed by atoms with E-state index < -0.39 is 16.0 Å². The number of carbonyl (C=O) groups excluding carboxylic acids is 1. The highest BCUT2D eigenvalue weighted by molar-refractivity contribution is 7.89. The summed E-state index contributed by atoms with van der Waals surface area (Å²) >= 11 is 0. The lowest BCUT2D eigenvalue weighted by molar-refractivity contribution is 0.0470. The van der Waals surface area contributed by atoms with Crippen LogP contribution < -0.4 is 14.2 Å². The lowest BCUT2D eigenvalue weighted by Gasteiger charge is -2.12. The highest BCUT2D eigenvalue weighted by Crippen LogP contribution is 2.28. The van der Waals surface area contributed by atoms with Crippen molar-refractivity contribution in [1.82, 2.24) is 4.72 Å². The summed E-state index contributed by atoms with van der Waals surface area (Å²) in [4.78, 5) is 12.3. The number of benzene rings is 2. The van der Waals surface area contributed by atoms with E-state index >= 15 is 0 Å². The molecule has 0 unspecified atom stereocenters. The number of rotatable bonds is 8. The molecule has 0 spiro atoms. The van der Waals surface area contributed by atoms with E-state index in [4.69, 9.17) is 14.2 Å². The molecule has 1 aliphatic carbocycles. The third-order valence-corrected chi connectivity index (χ3v) is 5.68. The van der Waals surface area contributed by atoms with E-state index in [0.717, 1.165) is 12.8 Å². The molecular weight excluding hydrogens is 370 g/mol. The van der Waals surface area contributed by atoms with Crippen molar-refractivity contribution in [3.8, 4) is 11.5 Å². The Labute approximate surface area is 158 Å². The van der Waals surface area contributed by atoms with Gasteiger partial charge in [-0.1, -0.05) is 18.2 Å². The summed E-state index contributed by atoms with van der Waals surface area (Å²) in [6.45, 7) is 0.0112. The predicted octanol–water partition coefficient (Wildman–Crippen LogP) is 2.50. The van der Waals surface area contributed by atoms with Gasteiger partial charge in [-0.2, -0.15) is 0 Å². The molecule has 1 aliphatic rings. The molecule has 7 nitrogen and oxygen atoms in total. The Morgan fingerprint density at radius 3 is 2.44 bits per heavy atom. The molecule has 3 rings (SSSR count). The third kappa shape index (κ3) is 4.58. The highest BCUT2D eigenvalue weighted by atomic mass is 32.2. The first kappa shape index (κ1) is 19.2. The van der Waals surface area contributed by atoms with Crippen molar-refractivity contribution in [2.45, 2.75) is 30.4 Å². The van der Waals surface area contributed by atoms with Crippen molar-refractivity contribution < 1.29 is 27.4 Å². The van der Waals surface area contributed by atoms with Gasteiger partial charge in [-0.15, -0.1) is 0 Å². The Kier molecular flexibility index (Phi) is 5.67. The lowest BCUT2D eigenvalue weighted by Crippen LogP contribution is -2.26. The van der Waals surface area contributed by atoms with Gasteiger partial charge in [-0.05, 0) is 37.1 Å². The summed E-state index contributed by atoms with van der Waals surface area (Å²) in [5.41, 5.74) is 0.840. The van der Waals surface area contributed by atoms with Crippen LogP contribution in [0.4, 0.5) is 0 Å². The lowest BCUT2D eigenvalue weighted by atomic mass is 10.2. The highest BCUT2D eigenvalue weighted by Gasteiger charge is 2.30. The molecule has 2 aromatic carbocycles. The van der Waals surface area contributed by atoms with E-state index in [2.05, 4.69) is 4.72 Å². The van der Waals surface area contributed by atoms with Crippen LogP contribution in [0.1, 0.15) is 28.8 Å². The third-order valence-electron chi connectivity index (χ3n) is 4.14. The molecular formula is C19H21NO6S. The molecule has 1 N–H and O–H groups in total. The summed E-state index contributed by atoms with van der Waals surface area (Å²) in [6.07, 6.45) is 1.62. The molecule has 8 heteroatoms. The van der Waals surface area contributed by atoms with E-state index in [1.54, 1.807) is 12.1 Å². The second kappa shape index (κ2) is 7.98. The molecule has 0 saturated heterocycles. The molecule has 27 heavy (non-hydrogen) atoms. The molecule has 144 valence electrons. The summed E-state index contributed by atoms with van der Waals surface area (Å²) in [7, 11) is -0.860. The first-order valence-corrected chi connectivity index (χ1v) is 9.92. The zero-order valence-corrected chi connectivity index (χ0v) is 15.9. The number of hydrogen-bond donors (Lipinski definition) is 1. The maximum absolute atomic E-state index is 12.5. The van der Waals surface area contributed by atoms with Crippen LogP contribution in [0.2, 0.25) is 0 Å². The fraction of sp³-hybridized carbons (Fsp3) is 0.316. The summed E-state index contributed by atoms with van der Waals surface area (Å²) in [6, 6.07) is 11.3. The monoisotopic (exact) mass is 391 g/mol. The Bertz CT molecular complexity index is 937. The smallest absolute Gasteiger partial charge is 0.338 e. The van der Waals surface area contributed by atoms with Crippen molar-refractivity contribution in [2.24, 2.45) is 0 Å². The van der Waals surface area contributed by atoms with Crippen molar-refractivity contribution in [2.75, 3.05) is 14.2 Å². The molecule has 0 amide bonds. The fourth-order valence-corrected chi connectivity index (χ4v) is 4.05. The van der Waals surface area contributed by atoms with Crippen LogP contribution >= 0.6 is 0 Å². The Balaban J connectivity index is 1.79. The number of para-hydroxylation sites is 1. The van der Waals surface area contributed by atoms with Crippen molar-refractivity contribution in [3.63, 3.8) is 0 Å². The maximum atomic E-state index is 12.5. The second-order valence-electron chi connectivity index (χ2n) is 6.15. The number of ether oxygens (including phenoxy) is 3. The van der Waals surface area contributed by atoms with Gasteiger partial charge in [0.05, 0.1) is 19.8 Å². The largest absolute Gasteiger partial charge is 0.496 e. The number of methoxy groups -OCH3 is 2. The number of sulfonamides is 1. The molecule has 0 atom stereocenters. The molecule has 1 fully saturated rings. The van der Waals surface area contributed by atoms with E-state index in [9.17, 15) is 13.2 Å². The summed E-state index contributed by atoms with van der Waals surface area (Å²) in [5, 5.41) is 0. The van der Waals surface area contributed by atoms with E-state index in [-0.39, 0.29) is 28.9 Å². The van der Waals surface area contributed by atoms with Crippen molar-refractivity contribution in [3.05, 3.63) is 53.6 Å². The van der Waals surface area contributed by atoms with Gasteiger partial charge in [0.25, 0.3) is 0 Å². The Morgan fingerprint density at radius 2 is 1.78 bits per heavy atom. The van der Waals surface area contributed by atoms with Gasteiger partial charge in [-0.3, -0.25) is 0 Å². The normalized spacial score (nSPS) is 13.9. The number of nitrogens with one attached hydrogen (secondary N) is 1. The predicted molar refractivity (Wildman–Crippen MR) is 98.5 cm³/mol. The second-order valence-corrected chi connectivity index (χ2v) is 7.83. The van der Waals surface area contributed by atoms with Crippen LogP contribution in [0.3, 0.4) is 0 Å².